The first-order chi connectivity index (χ1) is 27.5. The van der Waals surface area contributed by atoms with Crippen molar-refractivity contribution in [3.8, 4) is 0 Å². The van der Waals surface area contributed by atoms with Crippen molar-refractivity contribution < 1.29 is 47.1 Å². The zero-order chi connectivity index (χ0) is 41.9. The van der Waals surface area contributed by atoms with Gasteiger partial charge in [-0.1, -0.05) is 159 Å². The van der Waals surface area contributed by atoms with Crippen LogP contribution in [0.1, 0.15) is 174 Å². The maximum Gasteiger partial charge on any atom is 0.472 e. The summed E-state index contributed by atoms with van der Waals surface area (Å²) in [6, 6.07) is 0. The third kappa shape index (κ3) is 36.2. The molecule has 0 amide bonds. The fourth-order valence-corrected chi connectivity index (χ4v) is 7.12. The summed E-state index contributed by atoms with van der Waals surface area (Å²) in [4.78, 5) is 22.9. The van der Waals surface area contributed by atoms with Crippen molar-refractivity contribution >= 4 is 13.8 Å². The van der Waals surface area contributed by atoms with Crippen LogP contribution in [-0.4, -0.2) is 99.0 Å². The zero-order valence-electron chi connectivity index (χ0n) is 37.1. The third-order valence-electron chi connectivity index (χ3n) is 10.1. The number of carbonyl (C=O) groups is 1. The van der Waals surface area contributed by atoms with E-state index in [4.69, 9.17) is 23.3 Å². The van der Waals surface area contributed by atoms with Gasteiger partial charge in [0, 0.05) is 13.0 Å². The third-order valence-corrected chi connectivity index (χ3v) is 11.1. The molecule has 5 unspecified atom stereocenters. The number of hydrogen-bond donors (Lipinski definition) is 2. The topological polar surface area (TPSA) is 124 Å². The maximum atomic E-state index is 12.7. The number of nitrogens with zero attached hydrogens (tertiary/aromatic N) is 1. The van der Waals surface area contributed by atoms with Crippen molar-refractivity contribution in [1.29, 1.82) is 0 Å². The molecule has 0 saturated carbocycles. The standard InChI is InChI=1S/C46H86NO9P/c1-6-8-10-12-14-15-16-17-18-19-20-21-22-23-27-31-38-52-40-43(41-54-57(50,51)53-39-37-47(3,4)5)55-46(49)34-30-26-25-28-32-42(48)35-36-45-44(56-45)33-29-24-13-11-9-7-2/h24-25,28-29,35-36,42-45,48H,6-23,26-27,30-34,37-41H2,1-5H3/p+1/b28-25+,29-24+,36-35-. The van der Waals surface area contributed by atoms with Crippen LogP contribution in [0.3, 0.4) is 0 Å². The van der Waals surface area contributed by atoms with Crippen molar-refractivity contribution in [2.45, 2.75) is 199 Å². The Bertz CT molecular complexity index is 1090. The van der Waals surface area contributed by atoms with Gasteiger partial charge in [-0.3, -0.25) is 13.8 Å². The Balaban J connectivity index is 2.29. The lowest BCUT2D eigenvalue weighted by Crippen LogP contribution is -2.37. The van der Waals surface area contributed by atoms with Gasteiger partial charge in [0.25, 0.3) is 0 Å². The summed E-state index contributed by atoms with van der Waals surface area (Å²) >= 11 is 0. The summed E-state index contributed by atoms with van der Waals surface area (Å²) in [6.45, 7) is 5.39. The van der Waals surface area contributed by atoms with Crippen LogP contribution in [0.15, 0.2) is 36.5 Å². The number of aliphatic hydroxyl groups excluding tert-OH is 1. The average molecular weight is 829 g/mol. The smallest absolute Gasteiger partial charge is 0.457 e. The fourth-order valence-electron chi connectivity index (χ4n) is 6.38. The fraction of sp³-hybridized carbons (Fsp3) is 0.848. The number of phosphoric acid groups is 1. The predicted molar refractivity (Wildman–Crippen MR) is 234 cm³/mol. The van der Waals surface area contributed by atoms with E-state index in [1.165, 1.54) is 109 Å². The Morgan fingerprint density at radius 3 is 1.89 bits per heavy atom. The monoisotopic (exact) mass is 829 g/mol. The van der Waals surface area contributed by atoms with Gasteiger partial charge < -0.3 is 28.7 Å². The van der Waals surface area contributed by atoms with Gasteiger partial charge in [-0.25, -0.2) is 4.57 Å². The lowest BCUT2D eigenvalue weighted by molar-refractivity contribution is -0.870. The summed E-state index contributed by atoms with van der Waals surface area (Å²) in [5.41, 5.74) is 0. The Labute approximate surface area is 349 Å². The summed E-state index contributed by atoms with van der Waals surface area (Å²) < 4.78 is 40.6. The SMILES string of the molecule is CCCCC/C=C/CC1OC1/C=C\C(O)C/C=C/CCCC(=O)OC(COCCCCCCCCCCCCCCCCCC)COP(=O)(O)OCC[N+](C)(C)C. The highest BCUT2D eigenvalue weighted by Crippen LogP contribution is 2.43. The minimum absolute atomic E-state index is 0.0604. The molecular weight excluding hydrogens is 741 g/mol. The highest BCUT2D eigenvalue weighted by molar-refractivity contribution is 7.47. The van der Waals surface area contributed by atoms with E-state index in [1.807, 2.05) is 39.4 Å². The highest BCUT2D eigenvalue weighted by Gasteiger charge is 2.35. The molecule has 0 aliphatic carbocycles. The van der Waals surface area contributed by atoms with E-state index in [0.717, 1.165) is 25.7 Å². The van der Waals surface area contributed by atoms with Crippen molar-refractivity contribution in [2.24, 2.45) is 0 Å². The molecule has 2 N–H and O–H groups in total. The second kappa shape index (κ2) is 35.4. The molecule has 11 heteroatoms. The first kappa shape index (κ1) is 53.7. The number of likely N-dealkylation sites (N-methyl/N-ethyl adjacent to an activating group) is 1. The van der Waals surface area contributed by atoms with Gasteiger partial charge in [-0.05, 0) is 44.9 Å². The number of unbranched alkanes of at least 4 members (excludes halogenated alkanes) is 19. The van der Waals surface area contributed by atoms with Crippen LogP contribution in [0.4, 0.5) is 0 Å². The summed E-state index contributed by atoms with van der Waals surface area (Å²) in [5.74, 6) is -0.417. The van der Waals surface area contributed by atoms with Crippen LogP contribution in [0.25, 0.3) is 0 Å². The van der Waals surface area contributed by atoms with Crippen LogP contribution < -0.4 is 0 Å². The van der Waals surface area contributed by atoms with Gasteiger partial charge in [0.1, 0.15) is 25.4 Å². The maximum absolute atomic E-state index is 12.7. The number of hydrogen-bond acceptors (Lipinski definition) is 8. The molecule has 334 valence electrons. The molecule has 0 aromatic heterocycles. The van der Waals surface area contributed by atoms with Crippen molar-refractivity contribution in [3.63, 3.8) is 0 Å². The van der Waals surface area contributed by atoms with E-state index in [9.17, 15) is 19.4 Å². The number of ether oxygens (including phenoxy) is 3. The van der Waals surface area contributed by atoms with Crippen LogP contribution in [0, 0.1) is 0 Å². The number of allylic oxidation sites excluding steroid dienone is 2. The van der Waals surface area contributed by atoms with Crippen molar-refractivity contribution in [1.82, 2.24) is 0 Å². The summed E-state index contributed by atoms with van der Waals surface area (Å²) in [5, 5.41) is 10.3. The molecule has 1 heterocycles. The molecule has 1 rings (SSSR count). The van der Waals surface area contributed by atoms with Gasteiger partial charge in [0.2, 0.25) is 0 Å². The molecule has 5 atom stereocenters. The second-order valence-electron chi connectivity index (χ2n) is 17.0. The normalized spacial score (nSPS) is 18.2. The lowest BCUT2D eigenvalue weighted by atomic mass is 10.0. The molecule has 57 heavy (non-hydrogen) atoms. The molecule has 10 nitrogen and oxygen atoms in total. The first-order valence-corrected chi connectivity index (χ1v) is 24.5. The van der Waals surface area contributed by atoms with Crippen LogP contribution in [0.5, 0.6) is 0 Å². The van der Waals surface area contributed by atoms with Gasteiger partial charge in [-0.15, -0.1) is 0 Å². The van der Waals surface area contributed by atoms with E-state index < -0.39 is 26.0 Å². The molecular formula is C46H87NO9P+. The minimum atomic E-state index is -4.32. The van der Waals surface area contributed by atoms with Gasteiger partial charge in [0.05, 0.1) is 46.6 Å². The number of esters is 1. The Hall–Kier alpha value is -1.36. The number of carbonyl (C=O) groups excluding carboxylic acids is 1. The van der Waals surface area contributed by atoms with E-state index in [1.54, 1.807) is 6.08 Å². The van der Waals surface area contributed by atoms with Crippen molar-refractivity contribution in [3.05, 3.63) is 36.5 Å². The number of quaternary nitrogens is 1. The molecule has 0 spiro atoms. The molecule has 1 saturated heterocycles. The van der Waals surface area contributed by atoms with Crippen LogP contribution in [-0.2, 0) is 32.6 Å². The molecule has 1 aliphatic heterocycles. The quantitative estimate of drug-likeness (QED) is 0.0155. The number of phosphoric ester groups is 1. The summed E-state index contributed by atoms with van der Waals surface area (Å²) in [6.07, 6.45) is 39.4. The Morgan fingerprint density at radius 1 is 0.719 bits per heavy atom. The first-order valence-electron chi connectivity index (χ1n) is 23.0. The molecule has 0 radical (unpaired) electrons. The average Bonchev–Trinajstić information content (AvgIpc) is 3.92. The molecule has 1 aliphatic rings. The van der Waals surface area contributed by atoms with Crippen LogP contribution >= 0.6 is 7.82 Å². The number of rotatable bonds is 41. The molecule has 0 aromatic rings. The Morgan fingerprint density at radius 2 is 1.28 bits per heavy atom. The van der Waals surface area contributed by atoms with Crippen LogP contribution in [0.2, 0.25) is 0 Å². The summed E-state index contributed by atoms with van der Waals surface area (Å²) in [7, 11) is 1.57. The second-order valence-corrected chi connectivity index (χ2v) is 18.4. The van der Waals surface area contributed by atoms with E-state index >= 15 is 0 Å². The number of aliphatic hydroxyl groups is 1. The Kier molecular flexibility index (Phi) is 33.3. The number of epoxide rings is 1. The predicted octanol–water partition coefficient (Wildman–Crippen LogP) is 11.3. The van der Waals surface area contributed by atoms with Crippen molar-refractivity contribution in [2.75, 3.05) is 54.1 Å². The minimum Gasteiger partial charge on any atom is -0.457 e. The lowest BCUT2D eigenvalue weighted by Gasteiger charge is -2.24. The highest BCUT2D eigenvalue weighted by atomic mass is 31.2. The van der Waals surface area contributed by atoms with E-state index in [0.29, 0.717) is 36.9 Å². The molecule has 0 bridgehead atoms. The van der Waals surface area contributed by atoms with Gasteiger partial charge in [-0.2, -0.15) is 0 Å². The van der Waals surface area contributed by atoms with E-state index in [2.05, 4.69) is 26.0 Å². The van der Waals surface area contributed by atoms with E-state index in [-0.39, 0.29) is 38.4 Å². The zero-order valence-corrected chi connectivity index (χ0v) is 38.0. The van der Waals surface area contributed by atoms with Gasteiger partial charge in [0.15, 0.2) is 0 Å². The molecule has 0 aromatic carbocycles. The molecule has 1 fully saturated rings. The van der Waals surface area contributed by atoms with Gasteiger partial charge >= 0.3 is 13.8 Å². The largest absolute Gasteiger partial charge is 0.472 e.